The van der Waals surface area contributed by atoms with Crippen molar-refractivity contribution in [3.63, 3.8) is 0 Å². The van der Waals surface area contributed by atoms with Gasteiger partial charge < -0.3 is 10.4 Å². The molecule has 0 radical (unpaired) electrons. The van der Waals surface area contributed by atoms with E-state index in [-0.39, 0.29) is 12.6 Å². The fraction of sp³-hybridized carbons (Fsp3) is 0.857. The second kappa shape index (κ2) is 7.41. The van der Waals surface area contributed by atoms with Crippen LogP contribution >= 0.6 is 0 Å². The van der Waals surface area contributed by atoms with E-state index in [1.807, 2.05) is 0 Å². The largest absolute Gasteiger partial charge is 0.481 e. The van der Waals surface area contributed by atoms with Crippen LogP contribution in [0.1, 0.15) is 46.5 Å². The zero-order chi connectivity index (χ0) is 17.0. The van der Waals surface area contributed by atoms with Crippen LogP contribution in [0, 0.1) is 11.3 Å². The number of hydrogen-bond donors (Lipinski definition) is 3. The minimum absolute atomic E-state index is 0.107. The number of aliphatic carboxylic acids is 1. The first-order chi connectivity index (χ1) is 10.0. The molecule has 1 rings (SSSR count). The summed E-state index contributed by atoms with van der Waals surface area (Å²) >= 11 is 0. The molecule has 0 bridgehead atoms. The Morgan fingerprint density at radius 2 is 1.73 bits per heavy atom. The lowest BCUT2D eigenvalue weighted by atomic mass is 9.88. The lowest BCUT2D eigenvalue weighted by molar-refractivity contribution is -0.146. The lowest BCUT2D eigenvalue weighted by Gasteiger charge is -2.26. The molecule has 3 N–H and O–H groups in total. The fourth-order valence-corrected chi connectivity index (χ4v) is 3.57. The van der Waals surface area contributed by atoms with Crippen LogP contribution in [0.2, 0.25) is 0 Å². The van der Waals surface area contributed by atoms with Gasteiger partial charge in [-0.25, -0.2) is 13.1 Å². The number of nitrogens with one attached hydrogen (secondary N) is 2. The molecule has 1 fully saturated rings. The standard InChI is InChI=1S/C14H26N2O5S/c1-10-4-6-11(7-5-10)16-22(20,21)8-12(17)15-9-14(2,3)13(18)19/h10-11,16H,4-9H2,1-3H3,(H,15,17)(H,18,19). The van der Waals surface area contributed by atoms with E-state index in [2.05, 4.69) is 17.0 Å². The first-order valence-corrected chi connectivity index (χ1v) is 9.17. The first-order valence-electron chi connectivity index (χ1n) is 7.52. The smallest absolute Gasteiger partial charge is 0.310 e. The molecule has 0 spiro atoms. The quantitative estimate of drug-likeness (QED) is 0.635. The molecule has 0 aromatic carbocycles. The predicted octanol–water partition coefficient (Wildman–Crippen LogP) is 0.712. The van der Waals surface area contributed by atoms with Crippen molar-refractivity contribution < 1.29 is 23.1 Å². The fourth-order valence-electron chi connectivity index (χ4n) is 2.29. The molecule has 0 aromatic rings. The molecule has 1 aliphatic rings. The van der Waals surface area contributed by atoms with Gasteiger partial charge in [-0.3, -0.25) is 9.59 Å². The average Bonchev–Trinajstić information content (AvgIpc) is 2.38. The van der Waals surface area contributed by atoms with Crippen molar-refractivity contribution >= 4 is 21.9 Å². The molecule has 8 heteroatoms. The summed E-state index contributed by atoms with van der Waals surface area (Å²) in [6.45, 7) is 4.96. The Labute approximate surface area is 131 Å². The van der Waals surface area contributed by atoms with E-state index >= 15 is 0 Å². The van der Waals surface area contributed by atoms with Gasteiger partial charge in [-0.2, -0.15) is 0 Å². The highest BCUT2D eigenvalue weighted by molar-refractivity contribution is 7.90. The summed E-state index contributed by atoms with van der Waals surface area (Å²) in [6.07, 6.45) is 3.53. The van der Waals surface area contributed by atoms with Gasteiger partial charge in [0.2, 0.25) is 15.9 Å². The van der Waals surface area contributed by atoms with Gasteiger partial charge in [0.25, 0.3) is 0 Å². The molecule has 128 valence electrons. The maximum absolute atomic E-state index is 12.0. The number of carboxylic acid groups (broad SMARTS) is 1. The zero-order valence-electron chi connectivity index (χ0n) is 13.4. The highest BCUT2D eigenvalue weighted by Gasteiger charge is 2.29. The van der Waals surface area contributed by atoms with Gasteiger partial charge in [-0.05, 0) is 45.4 Å². The summed E-state index contributed by atoms with van der Waals surface area (Å²) < 4.78 is 26.5. The van der Waals surface area contributed by atoms with Crippen molar-refractivity contribution in [1.82, 2.24) is 10.0 Å². The predicted molar refractivity (Wildman–Crippen MR) is 82.8 cm³/mol. The van der Waals surface area contributed by atoms with E-state index in [9.17, 15) is 18.0 Å². The van der Waals surface area contributed by atoms with Gasteiger partial charge >= 0.3 is 5.97 Å². The third-order valence-corrected chi connectivity index (χ3v) is 5.32. The lowest BCUT2D eigenvalue weighted by Crippen LogP contribution is -2.45. The minimum Gasteiger partial charge on any atom is -0.481 e. The van der Waals surface area contributed by atoms with Gasteiger partial charge in [0, 0.05) is 12.6 Å². The Balaban J connectivity index is 2.44. The zero-order valence-corrected chi connectivity index (χ0v) is 14.2. The minimum atomic E-state index is -3.70. The number of rotatable bonds is 7. The molecular weight excluding hydrogens is 308 g/mol. The highest BCUT2D eigenvalue weighted by atomic mass is 32.2. The van der Waals surface area contributed by atoms with Crippen LogP contribution in [0.5, 0.6) is 0 Å². The van der Waals surface area contributed by atoms with Crippen LogP contribution in [0.4, 0.5) is 0 Å². The molecule has 1 aliphatic carbocycles. The van der Waals surface area contributed by atoms with Crippen molar-refractivity contribution in [3.8, 4) is 0 Å². The highest BCUT2D eigenvalue weighted by Crippen LogP contribution is 2.23. The second-order valence-corrected chi connectivity index (χ2v) is 8.55. The van der Waals surface area contributed by atoms with Crippen LogP contribution in [-0.4, -0.2) is 43.7 Å². The van der Waals surface area contributed by atoms with E-state index in [4.69, 9.17) is 5.11 Å². The number of carbonyl (C=O) groups is 2. The normalized spacial score (nSPS) is 23.0. The summed E-state index contributed by atoms with van der Waals surface area (Å²) in [6, 6.07) is -0.107. The maximum atomic E-state index is 12.0. The number of hydrogen-bond acceptors (Lipinski definition) is 4. The van der Waals surface area contributed by atoms with Crippen molar-refractivity contribution in [2.45, 2.75) is 52.5 Å². The number of carboxylic acids is 1. The van der Waals surface area contributed by atoms with E-state index in [1.54, 1.807) is 0 Å². The van der Waals surface area contributed by atoms with Crippen LogP contribution in [0.3, 0.4) is 0 Å². The topological polar surface area (TPSA) is 113 Å². The SMILES string of the molecule is CC1CCC(NS(=O)(=O)CC(=O)NCC(C)(C)C(=O)O)CC1. The van der Waals surface area contributed by atoms with Crippen LogP contribution in [0.25, 0.3) is 0 Å². The number of carbonyl (C=O) groups excluding carboxylic acids is 1. The van der Waals surface area contributed by atoms with E-state index in [0.29, 0.717) is 5.92 Å². The van der Waals surface area contributed by atoms with Gasteiger partial charge in [0.1, 0.15) is 5.75 Å². The van der Waals surface area contributed by atoms with Crippen molar-refractivity contribution in [1.29, 1.82) is 0 Å². The van der Waals surface area contributed by atoms with Crippen LogP contribution < -0.4 is 10.0 Å². The van der Waals surface area contributed by atoms with Crippen molar-refractivity contribution in [2.24, 2.45) is 11.3 Å². The second-order valence-electron chi connectivity index (χ2n) is 6.80. The summed E-state index contributed by atoms with van der Waals surface area (Å²) in [5.41, 5.74) is -1.13. The Morgan fingerprint density at radius 1 is 1.18 bits per heavy atom. The molecule has 0 heterocycles. The molecule has 1 amide bonds. The van der Waals surface area contributed by atoms with E-state index in [0.717, 1.165) is 25.7 Å². The number of sulfonamides is 1. The summed E-state index contributed by atoms with van der Waals surface area (Å²) in [5, 5.41) is 11.3. The summed E-state index contributed by atoms with van der Waals surface area (Å²) in [7, 11) is -3.70. The third-order valence-electron chi connectivity index (χ3n) is 3.99. The maximum Gasteiger partial charge on any atom is 0.310 e. The Morgan fingerprint density at radius 3 is 2.23 bits per heavy atom. The van der Waals surface area contributed by atoms with Gasteiger partial charge in [-0.15, -0.1) is 0 Å². The monoisotopic (exact) mass is 334 g/mol. The van der Waals surface area contributed by atoms with Gasteiger partial charge in [0.05, 0.1) is 5.41 Å². The Bertz CT molecular complexity index is 507. The van der Waals surface area contributed by atoms with E-state index in [1.165, 1.54) is 13.8 Å². The van der Waals surface area contributed by atoms with Gasteiger partial charge in [0.15, 0.2) is 0 Å². The molecule has 0 aliphatic heterocycles. The third kappa shape index (κ3) is 6.31. The molecule has 0 saturated heterocycles. The van der Waals surface area contributed by atoms with Crippen molar-refractivity contribution in [3.05, 3.63) is 0 Å². The summed E-state index contributed by atoms with van der Waals surface area (Å²) in [5.74, 6) is -1.80. The molecule has 0 atom stereocenters. The molecular formula is C14H26N2O5S. The van der Waals surface area contributed by atoms with Crippen LogP contribution in [0.15, 0.2) is 0 Å². The average molecular weight is 334 g/mol. The first kappa shape index (κ1) is 18.9. The molecule has 1 saturated carbocycles. The van der Waals surface area contributed by atoms with Crippen LogP contribution in [-0.2, 0) is 19.6 Å². The number of amides is 1. The molecule has 7 nitrogen and oxygen atoms in total. The van der Waals surface area contributed by atoms with E-state index < -0.39 is 33.1 Å². The Hall–Kier alpha value is -1.15. The van der Waals surface area contributed by atoms with Crippen molar-refractivity contribution in [2.75, 3.05) is 12.3 Å². The summed E-state index contributed by atoms with van der Waals surface area (Å²) in [4.78, 5) is 22.6. The molecule has 0 unspecified atom stereocenters. The molecule has 0 aromatic heterocycles. The Kier molecular flexibility index (Phi) is 6.37. The van der Waals surface area contributed by atoms with Gasteiger partial charge in [-0.1, -0.05) is 6.92 Å². The molecule has 22 heavy (non-hydrogen) atoms.